The van der Waals surface area contributed by atoms with E-state index >= 15 is 0 Å². The maximum Gasteiger partial charge on any atom is 0.100 e. The van der Waals surface area contributed by atoms with Gasteiger partial charge in [-0.2, -0.15) is 0 Å². The highest BCUT2D eigenvalue weighted by molar-refractivity contribution is 4.96. The highest BCUT2D eigenvalue weighted by atomic mass is 15.4. The van der Waals surface area contributed by atoms with E-state index in [1.165, 1.54) is 64.5 Å². The van der Waals surface area contributed by atoms with E-state index in [1.54, 1.807) is 0 Å². The van der Waals surface area contributed by atoms with Gasteiger partial charge in [-0.15, -0.1) is 0 Å². The molecule has 0 spiro atoms. The van der Waals surface area contributed by atoms with Crippen LogP contribution in [-0.4, -0.2) is 29.1 Å². The fourth-order valence-corrected chi connectivity index (χ4v) is 2.81. The summed E-state index contributed by atoms with van der Waals surface area (Å²) in [6.45, 7) is 9.28. The third-order valence-corrected chi connectivity index (χ3v) is 3.83. The fraction of sp³-hybridized carbons (Fsp3) is 0.875. The molecule has 1 aliphatic heterocycles. The van der Waals surface area contributed by atoms with Gasteiger partial charge in [0, 0.05) is 25.5 Å². The molecule has 0 N–H and O–H groups in total. The zero-order valence-electron chi connectivity index (χ0n) is 12.7. The Balaban J connectivity index is 2.16. The number of unbranched alkanes of at least 4 members (excludes halogenated alkanes) is 5. The highest BCUT2D eigenvalue weighted by Crippen LogP contribution is 2.20. The van der Waals surface area contributed by atoms with Crippen molar-refractivity contribution in [2.24, 2.45) is 0 Å². The van der Waals surface area contributed by atoms with Crippen molar-refractivity contribution < 1.29 is 0 Å². The molecule has 2 heteroatoms. The molecule has 1 unspecified atom stereocenters. The van der Waals surface area contributed by atoms with E-state index in [1.807, 2.05) is 0 Å². The van der Waals surface area contributed by atoms with E-state index in [4.69, 9.17) is 0 Å². The lowest BCUT2D eigenvalue weighted by molar-refractivity contribution is 0.146. The first-order valence-electron chi connectivity index (χ1n) is 8.03. The lowest BCUT2D eigenvalue weighted by Gasteiger charge is -2.32. The van der Waals surface area contributed by atoms with E-state index in [2.05, 4.69) is 43.0 Å². The molecule has 106 valence electrons. The summed E-state index contributed by atoms with van der Waals surface area (Å²) in [6, 6.07) is 0. The minimum Gasteiger partial charge on any atom is -0.356 e. The maximum absolute atomic E-state index is 2.54. The third kappa shape index (κ3) is 4.91. The summed E-state index contributed by atoms with van der Waals surface area (Å²) >= 11 is 0. The van der Waals surface area contributed by atoms with E-state index in [-0.39, 0.29) is 0 Å². The Kier molecular flexibility index (Phi) is 7.95. The van der Waals surface area contributed by atoms with Gasteiger partial charge in [0.15, 0.2) is 0 Å². The number of nitrogens with zero attached hydrogens (tertiary/aromatic N) is 2. The largest absolute Gasteiger partial charge is 0.356 e. The van der Waals surface area contributed by atoms with Crippen molar-refractivity contribution in [3.05, 3.63) is 12.4 Å². The standard InChI is InChI=1S/C16H32N2/c1-4-7-8-9-10-11-13-18-15-14-17(12-5-2)16(18)6-3/h14-16H,4-13H2,1-3H3. The molecule has 0 saturated carbocycles. The van der Waals surface area contributed by atoms with Crippen LogP contribution in [0.15, 0.2) is 12.4 Å². The minimum absolute atomic E-state index is 0.626. The van der Waals surface area contributed by atoms with Gasteiger partial charge in [0.25, 0.3) is 0 Å². The van der Waals surface area contributed by atoms with Gasteiger partial charge in [-0.3, -0.25) is 0 Å². The van der Waals surface area contributed by atoms with E-state index in [0.29, 0.717) is 6.17 Å². The van der Waals surface area contributed by atoms with Crippen LogP contribution in [0.3, 0.4) is 0 Å². The van der Waals surface area contributed by atoms with E-state index < -0.39 is 0 Å². The molecular formula is C16H32N2. The summed E-state index contributed by atoms with van der Waals surface area (Å²) in [6.07, 6.45) is 16.0. The second-order valence-electron chi connectivity index (χ2n) is 5.43. The molecule has 0 aromatic heterocycles. The average Bonchev–Trinajstić information content (AvgIpc) is 2.76. The predicted molar refractivity (Wildman–Crippen MR) is 80.3 cm³/mol. The Hall–Kier alpha value is -0.660. The predicted octanol–water partition coefficient (Wildman–Crippen LogP) is 4.58. The normalized spacial score (nSPS) is 18.9. The molecule has 18 heavy (non-hydrogen) atoms. The number of rotatable bonds is 10. The number of hydrogen-bond acceptors (Lipinski definition) is 2. The molecule has 2 nitrogen and oxygen atoms in total. The summed E-state index contributed by atoms with van der Waals surface area (Å²) in [5.74, 6) is 0. The molecule has 1 rings (SSSR count). The molecule has 1 atom stereocenters. The Bertz CT molecular complexity index is 225. The number of hydrogen-bond donors (Lipinski definition) is 0. The van der Waals surface area contributed by atoms with Gasteiger partial charge in [0.05, 0.1) is 0 Å². The molecule has 1 heterocycles. The van der Waals surface area contributed by atoms with Crippen LogP contribution >= 0.6 is 0 Å². The molecular weight excluding hydrogens is 220 g/mol. The summed E-state index contributed by atoms with van der Waals surface area (Å²) < 4.78 is 0. The Morgan fingerprint density at radius 2 is 1.33 bits per heavy atom. The van der Waals surface area contributed by atoms with Gasteiger partial charge in [-0.25, -0.2) is 0 Å². The molecule has 0 saturated heterocycles. The zero-order valence-corrected chi connectivity index (χ0v) is 12.7. The second kappa shape index (κ2) is 9.29. The fourth-order valence-electron chi connectivity index (χ4n) is 2.81. The lowest BCUT2D eigenvalue weighted by Crippen LogP contribution is -2.38. The van der Waals surface area contributed by atoms with E-state index in [0.717, 1.165) is 0 Å². The zero-order chi connectivity index (χ0) is 13.2. The molecule has 1 aliphatic rings. The minimum atomic E-state index is 0.626. The smallest absolute Gasteiger partial charge is 0.100 e. The first-order valence-corrected chi connectivity index (χ1v) is 8.03. The van der Waals surface area contributed by atoms with Gasteiger partial charge in [-0.1, -0.05) is 52.9 Å². The van der Waals surface area contributed by atoms with Gasteiger partial charge in [-0.05, 0) is 19.3 Å². The highest BCUT2D eigenvalue weighted by Gasteiger charge is 2.22. The second-order valence-corrected chi connectivity index (χ2v) is 5.43. The van der Waals surface area contributed by atoms with Crippen molar-refractivity contribution >= 4 is 0 Å². The van der Waals surface area contributed by atoms with Crippen LogP contribution in [0.2, 0.25) is 0 Å². The molecule has 0 aromatic carbocycles. The Morgan fingerprint density at radius 1 is 0.722 bits per heavy atom. The maximum atomic E-state index is 2.54. The van der Waals surface area contributed by atoms with Crippen molar-refractivity contribution in [1.29, 1.82) is 0 Å². The van der Waals surface area contributed by atoms with Crippen molar-refractivity contribution in [2.45, 2.75) is 78.3 Å². The average molecular weight is 252 g/mol. The van der Waals surface area contributed by atoms with Crippen LogP contribution < -0.4 is 0 Å². The van der Waals surface area contributed by atoms with Crippen LogP contribution in [0, 0.1) is 0 Å². The Morgan fingerprint density at radius 3 is 1.94 bits per heavy atom. The van der Waals surface area contributed by atoms with Crippen molar-refractivity contribution in [2.75, 3.05) is 13.1 Å². The molecule has 0 aliphatic carbocycles. The first kappa shape index (κ1) is 15.4. The van der Waals surface area contributed by atoms with Gasteiger partial charge in [0.1, 0.15) is 6.17 Å². The molecule has 0 radical (unpaired) electrons. The summed E-state index contributed by atoms with van der Waals surface area (Å²) in [5, 5.41) is 0. The van der Waals surface area contributed by atoms with Crippen molar-refractivity contribution in [1.82, 2.24) is 9.80 Å². The van der Waals surface area contributed by atoms with Crippen molar-refractivity contribution in [3.8, 4) is 0 Å². The SMILES string of the molecule is CCCCCCCCN1C=CN(CCC)C1CC. The monoisotopic (exact) mass is 252 g/mol. The topological polar surface area (TPSA) is 6.48 Å². The summed E-state index contributed by atoms with van der Waals surface area (Å²) in [4.78, 5) is 5.03. The molecule has 0 aromatic rings. The lowest BCUT2D eigenvalue weighted by atomic mass is 10.1. The quantitative estimate of drug-likeness (QED) is 0.525. The van der Waals surface area contributed by atoms with Crippen LogP contribution in [0.4, 0.5) is 0 Å². The van der Waals surface area contributed by atoms with Crippen LogP contribution in [0.25, 0.3) is 0 Å². The van der Waals surface area contributed by atoms with E-state index in [9.17, 15) is 0 Å². The van der Waals surface area contributed by atoms with Crippen molar-refractivity contribution in [3.63, 3.8) is 0 Å². The molecule has 0 amide bonds. The molecule has 0 bridgehead atoms. The summed E-state index contributed by atoms with van der Waals surface area (Å²) in [5.41, 5.74) is 0. The van der Waals surface area contributed by atoms with Gasteiger partial charge in [0.2, 0.25) is 0 Å². The summed E-state index contributed by atoms with van der Waals surface area (Å²) in [7, 11) is 0. The van der Waals surface area contributed by atoms with Gasteiger partial charge < -0.3 is 9.80 Å². The molecule has 0 fully saturated rings. The van der Waals surface area contributed by atoms with Gasteiger partial charge >= 0.3 is 0 Å². The third-order valence-electron chi connectivity index (χ3n) is 3.83. The van der Waals surface area contributed by atoms with Crippen LogP contribution in [-0.2, 0) is 0 Å². The Labute approximate surface area is 114 Å². The first-order chi connectivity index (χ1) is 8.83. The van der Waals surface area contributed by atoms with Crippen LogP contribution in [0.5, 0.6) is 0 Å². The van der Waals surface area contributed by atoms with Crippen LogP contribution in [0.1, 0.15) is 72.1 Å².